The lowest BCUT2D eigenvalue weighted by Gasteiger charge is -2.13. The largest absolute Gasteiger partial charge is 0.452 e. The molecule has 0 fully saturated rings. The van der Waals surface area contributed by atoms with E-state index in [1.807, 2.05) is 0 Å². The molecule has 0 bridgehead atoms. The van der Waals surface area contributed by atoms with Crippen LogP contribution in [0.2, 0.25) is 5.02 Å². The van der Waals surface area contributed by atoms with E-state index in [0.29, 0.717) is 30.5 Å². The van der Waals surface area contributed by atoms with E-state index < -0.39 is 11.4 Å². The number of imide groups is 1. The number of esters is 1. The number of halogens is 1. The smallest absolute Gasteiger partial charge is 0.311 e. The molecule has 9 nitrogen and oxygen atoms in total. The zero-order chi connectivity index (χ0) is 28.6. The van der Waals surface area contributed by atoms with Gasteiger partial charge in [0.05, 0.1) is 5.02 Å². The maximum atomic E-state index is 13.1. The van der Waals surface area contributed by atoms with Crippen molar-refractivity contribution < 1.29 is 28.3 Å². The molecule has 0 radical (unpaired) electrons. The van der Waals surface area contributed by atoms with Crippen LogP contribution in [0, 0.1) is 0 Å². The number of unbranched alkanes of at least 4 members (excludes halogenated alkanes) is 6. The molecule has 2 heterocycles. The average molecular weight is 567 g/mol. The summed E-state index contributed by atoms with van der Waals surface area (Å²) in [6.45, 7) is 2.40. The van der Waals surface area contributed by atoms with Gasteiger partial charge in [0, 0.05) is 37.6 Å². The summed E-state index contributed by atoms with van der Waals surface area (Å²) < 4.78 is 11.4. The molecule has 0 N–H and O–H groups in total. The summed E-state index contributed by atoms with van der Waals surface area (Å²) in [5.74, 6) is -1.29. The van der Waals surface area contributed by atoms with Gasteiger partial charge in [-0.2, -0.15) is 0 Å². The number of rotatable bonds is 14. The summed E-state index contributed by atoms with van der Waals surface area (Å²) in [5.41, 5.74) is 0.346. The summed E-state index contributed by atoms with van der Waals surface area (Å²) in [6, 6.07) is 5.72. The van der Waals surface area contributed by atoms with E-state index in [0.717, 1.165) is 37.0 Å². The lowest BCUT2D eigenvalue weighted by molar-refractivity contribution is -0.137. The Morgan fingerprint density at radius 1 is 0.925 bits per heavy atom. The predicted molar refractivity (Wildman–Crippen MR) is 150 cm³/mol. The molecular formula is C30H31ClN2O7. The second kappa shape index (κ2) is 13.5. The second-order valence-electron chi connectivity index (χ2n) is 9.78. The molecule has 1 aromatic carbocycles. The average Bonchev–Trinajstić information content (AvgIpc) is 3.24. The van der Waals surface area contributed by atoms with Crippen molar-refractivity contribution in [3.05, 3.63) is 57.2 Å². The number of Topliss-reactive ketones (excluding diaryl/α,β-unsaturated/α-hetero) is 1. The Balaban J connectivity index is 1.45. The van der Waals surface area contributed by atoms with Gasteiger partial charge in [-0.25, -0.2) is 4.98 Å². The summed E-state index contributed by atoms with van der Waals surface area (Å²) in [6.07, 6.45) is 9.42. The maximum absolute atomic E-state index is 13.1. The summed E-state index contributed by atoms with van der Waals surface area (Å²) in [5, 5.41) is 0.193. The highest BCUT2D eigenvalue weighted by Gasteiger charge is 2.24. The summed E-state index contributed by atoms with van der Waals surface area (Å²) in [4.78, 5) is 67.0. The van der Waals surface area contributed by atoms with Gasteiger partial charge in [0.15, 0.2) is 28.3 Å². The Morgan fingerprint density at radius 2 is 1.62 bits per heavy atom. The first-order valence-electron chi connectivity index (χ1n) is 13.6. The molecule has 0 atom stereocenters. The number of amides is 2. The van der Waals surface area contributed by atoms with Gasteiger partial charge in [0.2, 0.25) is 0 Å². The Kier molecular flexibility index (Phi) is 9.82. The number of ether oxygens (including phenoxy) is 1. The first-order chi connectivity index (χ1) is 19.3. The number of hydrogen-bond acceptors (Lipinski definition) is 8. The molecule has 40 heavy (non-hydrogen) atoms. The maximum Gasteiger partial charge on any atom is 0.311 e. The van der Waals surface area contributed by atoms with Crippen LogP contribution >= 0.6 is 11.6 Å². The van der Waals surface area contributed by atoms with Crippen molar-refractivity contribution in [3.63, 3.8) is 0 Å². The van der Waals surface area contributed by atoms with Crippen LogP contribution in [0.15, 0.2) is 45.6 Å². The number of benzene rings is 2. The lowest BCUT2D eigenvalue weighted by atomic mass is 10.00. The molecule has 0 saturated carbocycles. The molecular weight excluding hydrogens is 536 g/mol. The van der Waals surface area contributed by atoms with Crippen LogP contribution in [-0.4, -0.2) is 40.0 Å². The number of ketones is 1. The van der Waals surface area contributed by atoms with Crippen molar-refractivity contribution in [3.8, 4) is 17.2 Å². The van der Waals surface area contributed by atoms with Crippen LogP contribution in [0.1, 0.15) is 81.5 Å². The molecule has 0 unspecified atom stereocenters. The monoisotopic (exact) mass is 566 g/mol. The molecule has 2 amide bonds. The zero-order valence-corrected chi connectivity index (χ0v) is 23.1. The van der Waals surface area contributed by atoms with Gasteiger partial charge >= 0.3 is 5.97 Å². The second-order valence-corrected chi connectivity index (χ2v) is 10.2. The number of carbonyl (C=O) groups excluding carboxylic acids is 4. The third kappa shape index (κ3) is 7.01. The Labute approximate surface area is 236 Å². The number of fused-ring (bicyclic) bond motifs is 2. The standard InChI is InChI=1S/C30H31ClN2O7/c1-2-3-4-5-8-11-28(38)39-24-18-25-21(17-19(24)31)32-20-12-13-23(35)29(30(20)40-25)22(34)10-7-6-9-16-33-26(36)14-15-27(33)37/h12-15,17-18H,2-11,16H2,1H3. The van der Waals surface area contributed by atoms with Crippen LogP contribution in [0.5, 0.6) is 5.75 Å². The van der Waals surface area contributed by atoms with Gasteiger partial charge in [0.25, 0.3) is 11.8 Å². The normalized spacial score (nSPS) is 13.1. The fourth-order valence-corrected chi connectivity index (χ4v) is 4.77. The quantitative estimate of drug-likeness (QED) is 0.0591. The topological polar surface area (TPSA) is 124 Å². The summed E-state index contributed by atoms with van der Waals surface area (Å²) >= 11 is 6.34. The van der Waals surface area contributed by atoms with Crippen LogP contribution in [0.4, 0.5) is 0 Å². The molecule has 10 heteroatoms. The molecule has 0 saturated heterocycles. The molecule has 2 aliphatic heterocycles. The first kappa shape index (κ1) is 29.1. The van der Waals surface area contributed by atoms with Gasteiger partial charge in [-0.05, 0) is 37.5 Å². The third-order valence-corrected chi connectivity index (χ3v) is 7.03. The van der Waals surface area contributed by atoms with E-state index in [1.165, 1.54) is 36.4 Å². The zero-order valence-electron chi connectivity index (χ0n) is 22.4. The van der Waals surface area contributed by atoms with Crippen molar-refractivity contribution in [2.45, 2.75) is 71.1 Å². The predicted octanol–water partition coefficient (Wildman–Crippen LogP) is 5.88. The van der Waals surface area contributed by atoms with Crippen LogP contribution in [-0.2, 0) is 14.4 Å². The fraction of sp³-hybridized carbons (Fsp3) is 0.400. The SMILES string of the molecule is CCCCCCCC(=O)Oc1cc2oc3c(C(=O)CCCCCN4C(=O)C=CC4=O)c(=O)ccc-3nc2cc1Cl. The van der Waals surface area contributed by atoms with Crippen LogP contribution in [0.25, 0.3) is 22.6 Å². The Bertz CT molecular complexity index is 1480. The minimum atomic E-state index is -0.481. The Morgan fingerprint density at radius 3 is 2.38 bits per heavy atom. The van der Waals surface area contributed by atoms with Crippen LogP contribution in [0.3, 0.4) is 0 Å². The summed E-state index contributed by atoms with van der Waals surface area (Å²) in [7, 11) is 0. The van der Waals surface area contributed by atoms with E-state index in [2.05, 4.69) is 11.9 Å². The van der Waals surface area contributed by atoms with E-state index >= 15 is 0 Å². The van der Waals surface area contributed by atoms with E-state index in [4.69, 9.17) is 20.8 Å². The van der Waals surface area contributed by atoms with Gasteiger partial charge in [-0.1, -0.05) is 50.6 Å². The Hall–Kier alpha value is -3.85. The van der Waals surface area contributed by atoms with Gasteiger partial charge in [0.1, 0.15) is 16.8 Å². The van der Waals surface area contributed by atoms with E-state index in [-0.39, 0.29) is 64.7 Å². The number of aromatic nitrogens is 1. The van der Waals surface area contributed by atoms with Crippen molar-refractivity contribution in [2.75, 3.05) is 6.54 Å². The number of nitrogens with zero attached hydrogens (tertiary/aromatic N) is 2. The number of hydrogen-bond donors (Lipinski definition) is 0. The minimum Gasteiger partial charge on any atom is -0.452 e. The fourth-order valence-electron chi connectivity index (χ4n) is 4.58. The molecule has 3 aliphatic rings. The molecule has 1 aliphatic carbocycles. The molecule has 210 valence electrons. The molecule has 4 rings (SSSR count). The molecule has 1 aromatic rings. The minimum absolute atomic E-state index is 0.0554. The van der Waals surface area contributed by atoms with E-state index in [9.17, 15) is 24.0 Å². The van der Waals surface area contributed by atoms with Gasteiger partial charge in [-0.15, -0.1) is 0 Å². The van der Waals surface area contributed by atoms with E-state index in [1.54, 1.807) is 0 Å². The molecule has 0 aromatic heterocycles. The number of carbonyl (C=O) groups is 4. The molecule has 0 spiro atoms. The first-order valence-corrected chi connectivity index (χ1v) is 14.0. The van der Waals surface area contributed by atoms with Crippen molar-refractivity contribution in [1.82, 2.24) is 9.88 Å². The van der Waals surface area contributed by atoms with Crippen molar-refractivity contribution in [2.24, 2.45) is 0 Å². The van der Waals surface area contributed by atoms with Gasteiger partial charge < -0.3 is 9.15 Å². The highest BCUT2D eigenvalue weighted by molar-refractivity contribution is 6.32. The third-order valence-electron chi connectivity index (χ3n) is 6.74. The van der Waals surface area contributed by atoms with Crippen molar-refractivity contribution in [1.29, 1.82) is 0 Å². The van der Waals surface area contributed by atoms with Crippen molar-refractivity contribution >= 4 is 46.3 Å². The highest BCUT2D eigenvalue weighted by atomic mass is 35.5. The highest BCUT2D eigenvalue weighted by Crippen LogP contribution is 2.34. The van der Waals surface area contributed by atoms with Crippen LogP contribution < -0.4 is 10.2 Å². The lowest BCUT2D eigenvalue weighted by Crippen LogP contribution is -2.30. The van der Waals surface area contributed by atoms with Gasteiger partial charge in [-0.3, -0.25) is 28.9 Å².